The summed E-state index contributed by atoms with van der Waals surface area (Å²) in [5.74, 6) is -0.0164. The van der Waals surface area contributed by atoms with E-state index in [2.05, 4.69) is 21.6 Å². The van der Waals surface area contributed by atoms with Crippen LogP contribution in [0.1, 0.15) is 17.2 Å². The van der Waals surface area contributed by atoms with Gasteiger partial charge in [0.2, 0.25) is 0 Å². The molecule has 5 nitrogen and oxygen atoms in total. The van der Waals surface area contributed by atoms with Crippen LogP contribution in [0.2, 0.25) is 0 Å². The highest BCUT2D eigenvalue weighted by atomic mass is 35.5. The number of hydrogen-bond acceptors (Lipinski definition) is 4. The normalized spacial score (nSPS) is 21.5. The lowest BCUT2D eigenvalue weighted by Crippen LogP contribution is -2.46. The molecule has 1 aromatic rings. The molecule has 22 heavy (non-hydrogen) atoms. The molecule has 1 saturated heterocycles. The Labute approximate surface area is 137 Å². The van der Waals surface area contributed by atoms with Crippen LogP contribution in [0.3, 0.4) is 0 Å². The first-order chi connectivity index (χ1) is 10.3. The van der Waals surface area contributed by atoms with Crippen molar-refractivity contribution >= 4 is 18.3 Å². The molecule has 1 atom stereocenters. The lowest BCUT2D eigenvalue weighted by molar-refractivity contribution is -0.134. The molecule has 2 N–H and O–H groups in total. The second kappa shape index (κ2) is 8.48. The SMILES string of the molecule is Cl.O=C(NCCN1CCNCC1)C1OCCc2ccccc21. The molecule has 0 aliphatic carbocycles. The lowest BCUT2D eigenvalue weighted by atomic mass is 9.97. The molecule has 1 amide bonds. The fraction of sp³-hybridized carbons (Fsp3) is 0.562. The van der Waals surface area contributed by atoms with E-state index in [4.69, 9.17) is 4.74 Å². The molecule has 1 fully saturated rings. The van der Waals surface area contributed by atoms with Gasteiger partial charge in [-0.2, -0.15) is 0 Å². The van der Waals surface area contributed by atoms with Crippen LogP contribution in [0.15, 0.2) is 24.3 Å². The Kier molecular flexibility index (Phi) is 6.64. The number of nitrogens with one attached hydrogen (secondary N) is 2. The minimum absolute atomic E-state index is 0. The Morgan fingerprint density at radius 2 is 2.09 bits per heavy atom. The van der Waals surface area contributed by atoms with Crippen molar-refractivity contribution in [3.8, 4) is 0 Å². The Bertz CT molecular complexity index is 492. The van der Waals surface area contributed by atoms with Gasteiger partial charge in [0, 0.05) is 39.3 Å². The van der Waals surface area contributed by atoms with Crippen molar-refractivity contribution < 1.29 is 9.53 Å². The van der Waals surface area contributed by atoms with Crippen molar-refractivity contribution in [2.24, 2.45) is 0 Å². The molecule has 122 valence electrons. The van der Waals surface area contributed by atoms with Crippen LogP contribution in [0.25, 0.3) is 0 Å². The smallest absolute Gasteiger partial charge is 0.253 e. The fourth-order valence-electron chi connectivity index (χ4n) is 2.98. The maximum Gasteiger partial charge on any atom is 0.253 e. The van der Waals surface area contributed by atoms with Crippen LogP contribution < -0.4 is 10.6 Å². The van der Waals surface area contributed by atoms with Gasteiger partial charge in [0.25, 0.3) is 5.91 Å². The second-order valence-corrected chi connectivity index (χ2v) is 5.58. The van der Waals surface area contributed by atoms with Gasteiger partial charge in [-0.15, -0.1) is 12.4 Å². The molecule has 0 spiro atoms. The molecule has 2 heterocycles. The molecule has 0 aromatic heterocycles. The minimum atomic E-state index is -0.446. The van der Waals surface area contributed by atoms with E-state index in [-0.39, 0.29) is 18.3 Å². The lowest BCUT2D eigenvalue weighted by Gasteiger charge is -2.28. The molecule has 2 aliphatic heterocycles. The molecule has 1 aromatic carbocycles. The third kappa shape index (κ3) is 4.20. The molecule has 6 heteroatoms. The van der Waals surface area contributed by atoms with E-state index in [1.807, 2.05) is 18.2 Å². The van der Waals surface area contributed by atoms with Crippen molar-refractivity contribution in [2.75, 3.05) is 45.9 Å². The van der Waals surface area contributed by atoms with Crippen LogP contribution in [-0.4, -0.2) is 56.7 Å². The summed E-state index contributed by atoms with van der Waals surface area (Å²) in [6.45, 7) is 6.38. The monoisotopic (exact) mass is 325 g/mol. The Balaban J connectivity index is 0.00000176. The standard InChI is InChI=1S/C16H23N3O2.ClH/c20-16(18-8-11-19-9-6-17-7-10-19)15-14-4-2-1-3-13(14)5-12-21-15;/h1-4,15,17H,5-12H2,(H,18,20);1H. The average Bonchev–Trinajstić information content (AvgIpc) is 2.55. The fourth-order valence-corrected chi connectivity index (χ4v) is 2.98. The quantitative estimate of drug-likeness (QED) is 0.857. The predicted octanol–water partition coefficient (Wildman–Crippen LogP) is 0.744. The van der Waals surface area contributed by atoms with Gasteiger partial charge in [0.1, 0.15) is 0 Å². The first kappa shape index (κ1) is 17.2. The summed E-state index contributed by atoms with van der Waals surface area (Å²) in [6, 6.07) is 8.06. The number of halogens is 1. The van der Waals surface area contributed by atoms with Gasteiger partial charge in [0.05, 0.1) is 6.61 Å². The summed E-state index contributed by atoms with van der Waals surface area (Å²) in [6.07, 6.45) is 0.443. The summed E-state index contributed by atoms with van der Waals surface area (Å²) in [4.78, 5) is 14.7. The summed E-state index contributed by atoms with van der Waals surface area (Å²) >= 11 is 0. The van der Waals surface area contributed by atoms with Gasteiger partial charge in [-0.1, -0.05) is 24.3 Å². The molecule has 1 unspecified atom stereocenters. The van der Waals surface area contributed by atoms with Gasteiger partial charge in [-0.3, -0.25) is 9.69 Å². The molecular weight excluding hydrogens is 302 g/mol. The van der Waals surface area contributed by atoms with E-state index in [0.29, 0.717) is 13.2 Å². The van der Waals surface area contributed by atoms with E-state index >= 15 is 0 Å². The number of carbonyl (C=O) groups excluding carboxylic acids is 1. The Morgan fingerprint density at radius 3 is 2.91 bits per heavy atom. The Morgan fingerprint density at radius 1 is 1.32 bits per heavy atom. The first-order valence-electron chi connectivity index (χ1n) is 7.75. The van der Waals surface area contributed by atoms with Crippen molar-refractivity contribution in [2.45, 2.75) is 12.5 Å². The van der Waals surface area contributed by atoms with E-state index in [0.717, 1.165) is 44.7 Å². The molecule has 0 bridgehead atoms. The summed E-state index contributed by atoms with van der Waals surface area (Å²) in [7, 11) is 0. The average molecular weight is 326 g/mol. The van der Waals surface area contributed by atoms with Gasteiger partial charge in [0.15, 0.2) is 6.10 Å². The number of amides is 1. The van der Waals surface area contributed by atoms with Crippen molar-refractivity contribution in [3.05, 3.63) is 35.4 Å². The van der Waals surface area contributed by atoms with Gasteiger partial charge in [-0.25, -0.2) is 0 Å². The van der Waals surface area contributed by atoms with Gasteiger partial charge >= 0.3 is 0 Å². The molecule has 2 aliphatic rings. The highest BCUT2D eigenvalue weighted by Gasteiger charge is 2.26. The zero-order chi connectivity index (χ0) is 14.5. The van der Waals surface area contributed by atoms with Crippen LogP contribution >= 0.6 is 12.4 Å². The molecule has 0 saturated carbocycles. The number of rotatable bonds is 4. The van der Waals surface area contributed by atoms with E-state index in [1.165, 1.54) is 5.56 Å². The number of nitrogens with zero attached hydrogens (tertiary/aromatic N) is 1. The van der Waals surface area contributed by atoms with E-state index < -0.39 is 6.10 Å². The number of fused-ring (bicyclic) bond motifs is 1. The van der Waals surface area contributed by atoms with Crippen molar-refractivity contribution in [3.63, 3.8) is 0 Å². The highest BCUT2D eigenvalue weighted by Crippen LogP contribution is 2.26. The molecule has 3 rings (SSSR count). The summed E-state index contributed by atoms with van der Waals surface area (Å²) in [5.41, 5.74) is 2.24. The number of carbonyl (C=O) groups is 1. The van der Waals surface area contributed by atoms with Crippen molar-refractivity contribution in [1.82, 2.24) is 15.5 Å². The number of piperazine rings is 1. The van der Waals surface area contributed by atoms with Gasteiger partial charge < -0.3 is 15.4 Å². The molecule has 0 radical (unpaired) electrons. The predicted molar refractivity (Wildman–Crippen MR) is 88.4 cm³/mol. The van der Waals surface area contributed by atoms with Crippen molar-refractivity contribution in [1.29, 1.82) is 0 Å². The summed E-state index contributed by atoms with van der Waals surface area (Å²) in [5, 5.41) is 6.34. The molecular formula is C16H24ClN3O2. The Hall–Kier alpha value is -1.14. The van der Waals surface area contributed by atoms with Gasteiger partial charge in [-0.05, 0) is 17.5 Å². The minimum Gasteiger partial charge on any atom is -0.363 e. The third-order valence-corrected chi connectivity index (χ3v) is 4.17. The summed E-state index contributed by atoms with van der Waals surface area (Å²) < 4.78 is 5.67. The third-order valence-electron chi connectivity index (χ3n) is 4.17. The maximum atomic E-state index is 12.3. The van der Waals surface area contributed by atoms with Crippen LogP contribution in [-0.2, 0) is 16.0 Å². The second-order valence-electron chi connectivity index (χ2n) is 5.58. The largest absolute Gasteiger partial charge is 0.363 e. The first-order valence-corrected chi connectivity index (χ1v) is 7.75. The highest BCUT2D eigenvalue weighted by molar-refractivity contribution is 5.85. The van der Waals surface area contributed by atoms with Crippen LogP contribution in [0.5, 0.6) is 0 Å². The number of ether oxygens (including phenoxy) is 1. The topological polar surface area (TPSA) is 53.6 Å². The zero-order valence-electron chi connectivity index (χ0n) is 12.7. The van der Waals surface area contributed by atoms with E-state index in [9.17, 15) is 4.79 Å². The number of benzene rings is 1. The maximum absolute atomic E-state index is 12.3. The van der Waals surface area contributed by atoms with Crippen LogP contribution in [0.4, 0.5) is 0 Å². The van der Waals surface area contributed by atoms with Crippen LogP contribution in [0, 0.1) is 0 Å². The number of hydrogen-bond donors (Lipinski definition) is 2. The van der Waals surface area contributed by atoms with E-state index in [1.54, 1.807) is 0 Å². The zero-order valence-corrected chi connectivity index (χ0v) is 13.5.